The maximum Gasteiger partial charge on any atom is 0.219 e. The predicted octanol–water partition coefficient (Wildman–Crippen LogP) is -2.51. The Labute approximate surface area is 210 Å². The zero-order valence-corrected chi connectivity index (χ0v) is 20.7. The van der Waals surface area contributed by atoms with Crippen molar-refractivity contribution < 1.29 is 59.5 Å². The van der Waals surface area contributed by atoms with E-state index < -0.39 is 74.6 Å². The SMILES string of the molecule is CCCCC(=O)NCCCCCCO[C@H]1O[C@H](CO)[C@@H](O)C(O[C@@H]2OC(CO)[C@H](O)C(O)[C@H]2O)C1O. The summed E-state index contributed by atoms with van der Waals surface area (Å²) >= 11 is 0. The first kappa shape index (κ1) is 31.2. The van der Waals surface area contributed by atoms with Gasteiger partial charge in [0.05, 0.1) is 13.2 Å². The van der Waals surface area contributed by atoms with Crippen LogP contribution in [0.2, 0.25) is 0 Å². The molecule has 4 unspecified atom stereocenters. The molecule has 0 saturated carbocycles. The number of ether oxygens (including phenoxy) is 4. The Balaban J connectivity index is 1.80. The fourth-order valence-corrected chi connectivity index (χ4v) is 4.12. The summed E-state index contributed by atoms with van der Waals surface area (Å²) in [5.41, 5.74) is 0. The van der Waals surface area contributed by atoms with Crippen LogP contribution in [0, 0.1) is 0 Å². The van der Waals surface area contributed by atoms with Crippen molar-refractivity contribution in [2.45, 2.75) is 113 Å². The maximum atomic E-state index is 11.6. The third-order valence-corrected chi connectivity index (χ3v) is 6.39. The lowest BCUT2D eigenvalue weighted by atomic mass is 9.97. The molecule has 0 aliphatic carbocycles. The van der Waals surface area contributed by atoms with Gasteiger partial charge in [-0.25, -0.2) is 0 Å². The summed E-state index contributed by atoms with van der Waals surface area (Å²) in [5.74, 6) is 0.0599. The highest BCUT2D eigenvalue weighted by atomic mass is 16.7. The van der Waals surface area contributed by atoms with Crippen LogP contribution < -0.4 is 5.32 Å². The van der Waals surface area contributed by atoms with Gasteiger partial charge in [-0.05, 0) is 19.3 Å². The molecule has 2 saturated heterocycles. The second-order valence-corrected chi connectivity index (χ2v) is 9.24. The molecule has 36 heavy (non-hydrogen) atoms. The summed E-state index contributed by atoms with van der Waals surface area (Å²) in [6.07, 6.45) is -9.19. The number of carbonyl (C=O) groups excluding carboxylic acids is 1. The number of nitrogens with one attached hydrogen (secondary N) is 1. The van der Waals surface area contributed by atoms with E-state index >= 15 is 0 Å². The van der Waals surface area contributed by atoms with Gasteiger partial charge in [-0.15, -0.1) is 0 Å². The van der Waals surface area contributed by atoms with Gasteiger partial charge in [0, 0.05) is 19.6 Å². The molecule has 0 aromatic carbocycles. The van der Waals surface area contributed by atoms with Crippen molar-refractivity contribution in [3.63, 3.8) is 0 Å². The Hall–Kier alpha value is -0.970. The second kappa shape index (κ2) is 16.1. The molecular formula is C23H43NO12. The van der Waals surface area contributed by atoms with E-state index in [0.717, 1.165) is 32.1 Å². The molecule has 2 heterocycles. The number of hydrogen-bond donors (Lipinski definition) is 8. The van der Waals surface area contributed by atoms with Crippen LogP contribution in [0.1, 0.15) is 51.9 Å². The number of unbranched alkanes of at least 4 members (excludes halogenated alkanes) is 4. The first-order valence-electron chi connectivity index (χ1n) is 12.7. The van der Waals surface area contributed by atoms with E-state index in [2.05, 4.69) is 5.32 Å². The molecule has 2 aliphatic rings. The molecule has 0 aromatic heterocycles. The summed E-state index contributed by atoms with van der Waals surface area (Å²) < 4.78 is 21.9. The van der Waals surface area contributed by atoms with E-state index in [9.17, 15) is 40.5 Å². The minimum atomic E-state index is -1.73. The summed E-state index contributed by atoms with van der Waals surface area (Å²) in [5, 5.41) is 73.1. The van der Waals surface area contributed by atoms with Crippen LogP contribution in [-0.4, -0.2) is 129 Å². The molecule has 212 valence electrons. The average Bonchev–Trinajstić information content (AvgIpc) is 2.87. The fraction of sp³-hybridized carbons (Fsp3) is 0.957. The summed E-state index contributed by atoms with van der Waals surface area (Å²) in [7, 11) is 0. The molecule has 0 bridgehead atoms. The molecule has 10 atom stereocenters. The molecule has 0 spiro atoms. The van der Waals surface area contributed by atoms with Gasteiger partial charge < -0.3 is 60.0 Å². The van der Waals surface area contributed by atoms with Crippen LogP contribution in [0.25, 0.3) is 0 Å². The summed E-state index contributed by atoms with van der Waals surface area (Å²) in [6.45, 7) is 1.59. The van der Waals surface area contributed by atoms with Gasteiger partial charge in [0.15, 0.2) is 12.6 Å². The second-order valence-electron chi connectivity index (χ2n) is 9.24. The molecule has 13 nitrogen and oxygen atoms in total. The summed E-state index contributed by atoms with van der Waals surface area (Å²) in [4.78, 5) is 11.6. The van der Waals surface area contributed by atoms with E-state index in [-0.39, 0.29) is 12.5 Å². The van der Waals surface area contributed by atoms with Crippen molar-refractivity contribution in [3.8, 4) is 0 Å². The van der Waals surface area contributed by atoms with Crippen LogP contribution in [0.4, 0.5) is 0 Å². The normalized spacial score (nSPS) is 37.1. The highest BCUT2D eigenvalue weighted by Crippen LogP contribution is 2.29. The highest BCUT2D eigenvalue weighted by molar-refractivity contribution is 5.75. The maximum absolute atomic E-state index is 11.6. The third kappa shape index (κ3) is 8.81. The first-order valence-corrected chi connectivity index (χ1v) is 12.7. The molecule has 13 heteroatoms. The van der Waals surface area contributed by atoms with Gasteiger partial charge in [-0.2, -0.15) is 0 Å². The van der Waals surface area contributed by atoms with Crippen molar-refractivity contribution in [1.29, 1.82) is 0 Å². The average molecular weight is 526 g/mol. The number of rotatable bonds is 15. The fourth-order valence-electron chi connectivity index (χ4n) is 4.12. The molecular weight excluding hydrogens is 482 g/mol. The van der Waals surface area contributed by atoms with Gasteiger partial charge in [-0.3, -0.25) is 4.79 Å². The summed E-state index contributed by atoms with van der Waals surface area (Å²) in [6, 6.07) is 0. The van der Waals surface area contributed by atoms with Gasteiger partial charge in [0.2, 0.25) is 5.91 Å². The molecule has 0 aromatic rings. The van der Waals surface area contributed by atoms with Crippen molar-refractivity contribution in [2.24, 2.45) is 0 Å². The van der Waals surface area contributed by atoms with E-state index in [0.29, 0.717) is 19.4 Å². The number of carbonyl (C=O) groups is 1. The number of aliphatic hydroxyl groups is 7. The van der Waals surface area contributed by atoms with E-state index in [1.807, 2.05) is 6.92 Å². The molecule has 2 fully saturated rings. The lowest BCUT2D eigenvalue weighted by Crippen LogP contribution is -2.64. The zero-order chi connectivity index (χ0) is 26.7. The molecule has 0 radical (unpaired) electrons. The molecule has 8 N–H and O–H groups in total. The Morgan fingerprint density at radius 2 is 1.42 bits per heavy atom. The number of hydrogen-bond acceptors (Lipinski definition) is 12. The third-order valence-electron chi connectivity index (χ3n) is 6.39. The van der Waals surface area contributed by atoms with Gasteiger partial charge in [-0.1, -0.05) is 26.2 Å². The zero-order valence-electron chi connectivity index (χ0n) is 20.7. The smallest absolute Gasteiger partial charge is 0.219 e. The lowest BCUT2D eigenvalue weighted by molar-refractivity contribution is -0.360. The standard InChI is InChI=1S/C23H43NO12/c1-2-3-8-15(27)24-9-6-4-5-7-10-33-22-20(32)21(17(29)14(12-26)34-22)36-23-19(31)18(30)16(28)13(11-25)35-23/h13-14,16-23,25-26,28-32H,2-12H2,1H3,(H,24,27)/t13?,14-,16+,17-,18?,19-,20?,21?,22+,23+/m1/s1. The highest BCUT2D eigenvalue weighted by Gasteiger charge is 2.50. The van der Waals surface area contributed by atoms with Crippen molar-refractivity contribution in [2.75, 3.05) is 26.4 Å². The number of amides is 1. The quantitative estimate of drug-likeness (QED) is 0.104. The van der Waals surface area contributed by atoms with E-state index in [4.69, 9.17) is 18.9 Å². The Morgan fingerprint density at radius 3 is 2.08 bits per heavy atom. The monoisotopic (exact) mass is 525 g/mol. The Kier molecular flexibility index (Phi) is 14.0. The van der Waals surface area contributed by atoms with Crippen LogP contribution in [0.5, 0.6) is 0 Å². The largest absolute Gasteiger partial charge is 0.394 e. The van der Waals surface area contributed by atoms with Crippen LogP contribution in [0.15, 0.2) is 0 Å². The topological polar surface area (TPSA) is 208 Å². The van der Waals surface area contributed by atoms with Crippen molar-refractivity contribution >= 4 is 5.91 Å². The Morgan fingerprint density at radius 1 is 0.778 bits per heavy atom. The van der Waals surface area contributed by atoms with Crippen molar-refractivity contribution in [1.82, 2.24) is 5.32 Å². The predicted molar refractivity (Wildman–Crippen MR) is 123 cm³/mol. The van der Waals surface area contributed by atoms with Crippen LogP contribution >= 0.6 is 0 Å². The molecule has 2 aliphatic heterocycles. The molecule has 1 amide bonds. The number of aliphatic hydroxyl groups excluding tert-OH is 7. The minimum Gasteiger partial charge on any atom is -0.394 e. The minimum absolute atomic E-state index is 0.0599. The van der Waals surface area contributed by atoms with E-state index in [1.165, 1.54) is 0 Å². The van der Waals surface area contributed by atoms with Gasteiger partial charge >= 0.3 is 0 Å². The van der Waals surface area contributed by atoms with Crippen LogP contribution in [-0.2, 0) is 23.7 Å². The van der Waals surface area contributed by atoms with Gasteiger partial charge in [0.25, 0.3) is 0 Å². The first-order chi connectivity index (χ1) is 17.2. The van der Waals surface area contributed by atoms with E-state index in [1.54, 1.807) is 0 Å². The van der Waals surface area contributed by atoms with Crippen LogP contribution in [0.3, 0.4) is 0 Å². The van der Waals surface area contributed by atoms with Crippen molar-refractivity contribution in [3.05, 3.63) is 0 Å². The lowest BCUT2D eigenvalue weighted by Gasteiger charge is -2.45. The van der Waals surface area contributed by atoms with Gasteiger partial charge in [0.1, 0.15) is 48.8 Å². The molecule has 2 rings (SSSR count). The Bertz CT molecular complexity index is 626.